The standard InChI is InChI=1S/C19H17FN6O/c1-11-9-25-10-12(6-15(20)18(25)23-11)17-22-8-14-16(24-17)3-5-26(19(14)27)13-2-4-21-7-13/h3,5-6,8-10,13,21H,2,4,7H2,1H3/t13-/m1/s1. The van der Waals surface area contributed by atoms with Gasteiger partial charge < -0.3 is 14.3 Å². The van der Waals surface area contributed by atoms with E-state index in [4.69, 9.17) is 0 Å². The number of hydrogen-bond acceptors (Lipinski definition) is 5. The molecule has 0 bridgehead atoms. The molecular formula is C19H17FN6O. The van der Waals surface area contributed by atoms with E-state index in [1.807, 2.05) is 13.0 Å². The molecule has 1 atom stereocenters. The van der Waals surface area contributed by atoms with E-state index in [0.29, 0.717) is 22.3 Å². The molecule has 1 fully saturated rings. The van der Waals surface area contributed by atoms with Gasteiger partial charge in [0.15, 0.2) is 17.3 Å². The van der Waals surface area contributed by atoms with Crippen molar-refractivity contribution in [3.63, 3.8) is 0 Å². The molecule has 0 amide bonds. The first-order valence-corrected chi connectivity index (χ1v) is 8.84. The van der Waals surface area contributed by atoms with Gasteiger partial charge in [0.2, 0.25) is 0 Å². The molecule has 1 aliphatic heterocycles. The van der Waals surface area contributed by atoms with Gasteiger partial charge in [-0.1, -0.05) is 0 Å². The Morgan fingerprint density at radius 2 is 2.19 bits per heavy atom. The molecule has 0 aromatic carbocycles. The van der Waals surface area contributed by atoms with Crippen molar-refractivity contribution in [2.45, 2.75) is 19.4 Å². The van der Waals surface area contributed by atoms with Crippen LogP contribution in [0.4, 0.5) is 4.39 Å². The van der Waals surface area contributed by atoms with Crippen LogP contribution in [0.25, 0.3) is 27.9 Å². The summed E-state index contributed by atoms with van der Waals surface area (Å²) in [6, 6.07) is 3.34. The molecule has 0 aliphatic carbocycles. The van der Waals surface area contributed by atoms with Crippen LogP contribution in [0.1, 0.15) is 18.2 Å². The van der Waals surface area contributed by atoms with E-state index in [1.54, 1.807) is 27.6 Å². The first-order chi connectivity index (χ1) is 13.1. The molecule has 0 saturated carbocycles. The Morgan fingerprint density at radius 3 is 3.00 bits per heavy atom. The molecule has 4 aromatic rings. The average molecular weight is 364 g/mol. The van der Waals surface area contributed by atoms with Gasteiger partial charge in [0.25, 0.3) is 5.56 Å². The van der Waals surface area contributed by atoms with E-state index in [0.717, 1.165) is 25.2 Å². The number of rotatable bonds is 2. The third-order valence-corrected chi connectivity index (χ3v) is 4.99. The zero-order valence-corrected chi connectivity index (χ0v) is 14.7. The smallest absolute Gasteiger partial charge is 0.261 e. The van der Waals surface area contributed by atoms with Crippen LogP contribution < -0.4 is 10.9 Å². The highest BCUT2D eigenvalue weighted by Gasteiger charge is 2.19. The first kappa shape index (κ1) is 16.1. The van der Waals surface area contributed by atoms with Crippen LogP contribution in [0.3, 0.4) is 0 Å². The van der Waals surface area contributed by atoms with Crippen molar-refractivity contribution >= 4 is 16.6 Å². The van der Waals surface area contributed by atoms with Gasteiger partial charge in [-0.2, -0.15) is 0 Å². The number of nitrogens with zero attached hydrogens (tertiary/aromatic N) is 5. The predicted octanol–water partition coefficient (Wildman–Crippen LogP) is 2.09. The van der Waals surface area contributed by atoms with E-state index in [9.17, 15) is 9.18 Å². The summed E-state index contributed by atoms with van der Waals surface area (Å²) in [6.45, 7) is 3.50. The minimum atomic E-state index is -0.437. The van der Waals surface area contributed by atoms with Crippen LogP contribution in [0.5, 0.6) is 0 Å². The van der Waals surface area contributed by atoms with E-state index in [-0.39, 0.29) is 17.2 Å². The fraction of sp³-hybridized carbons (Fsp3) is 0.263. The molecule has 5 rings (SSSR count). The summed E-state index contributed by atoms with van der Waals surface area (Å²) < 4.78 is 17.7. The Hall–Kier alpha value is -3.13. The molecule has 27 heavy (non-hydrogen) atoms. The van der Waals surface area contributed by atoms with Gasteiger partial charge in [-0.05, 0) is 32.0 Å². The highest BCUT2D eigenvalue weighted by Crippen LogP contribution is 2.21. The topological polar surface area (TPSA) is 77.1 Å². The number of hydrogen-bond donors (Lipinski definition) is 1. The summed E-state index contributed by atoms with van der Waals surface area (Å²) in [5.74, 6) is -0.0669. The fourth-order valence-electron chi connectivity index (χ4n) is 3.65. The molecule has 1 saturated heterocycles. The quantitative estimate of drug-likeness (QED) is 0.589. The highest BCUT2D eigenvalue weighted by atomic mass is 19.1. The molecule has 0 radical (unpaired) electrons. The Kier molecular flexibility index (Phi) is 3.54. The van der Waals surface area contributed by atoms with E-state index in [2.05, 4.69) is 20.3 Å². The number of halogens is 1. The Morgan fingerprint density at radius 1 is 1.30 bits per heavy atom. The number of pyridine rings is 2. The summed E-state index contributed by atoms with van der Waals surface area (Å²) in [5, 5.41) is 3.73. The third kappa shape index (κ3) is 2.60. The van der Waals surface area contributed by atoms with Gasteiger partial charge in [0, 0.05) is 36.9 Å². The molecule has 0 spiro atoms. The van der Waals surface area contributed by atoms with Gasteiger partial charge in [0.05, 0.1) is 22.6 Å². The third-order valence-electron chi connectivity index (χ3n) is 4.99. The Balaban J connectivity index is 1.62. The van der Waals surface area contributed by atoms with E-state index in [1.165, 1.54) is 12.3 Å². The summed E-state index contributed by atoms with van der Waals surface area (Å²) >= 11 is 0. The molecule has 1 aliphatic rings. The van der Waals surface area contributed by atoms with Crippen LogP contribution in [0.15, 0.2) is 41.7 Å². The maximum atomic E-state index is 14.4. The fourth-order valence-corrected chi connectivity index (χ4v) is 3.65. The van der Waals surface area contributed by atoms with Crippen LogP contribution in [0, 0.1) is 12.7 Å². The summed E-state index contributed by atoms with van der Waals surface area (Å²) in [6.07, 6.45) is 7.72. The van der Waals surface area contributed by atoms with Gasteiger partial charge in [-0.3, -0.25) is 4.79 Å². The van der Waals surface area contributed by atoms with Crippen molar-refractivity contribution in [3.05, 3.63) is 58.8 Å². The zero-order chi connectivity index (χ0) is 18.5. The normalized spacial score (nSPS) is 17.2. The Bertz CT molecular complexity index is 1240. The summed E-state index contributed by atoms with van der Waals surface area (Å²) in [5.41, 5.74) is 1.98. The van der Waals surface area contributed by atoms with Crippen LogP contribution in [-0.4, -0.2) is 37.0 Å². The van der Waals surface area contributed by atoms with Crippen LogP contribution >= 0.6 is 0 Å². The predicted molar refractivity (Wildman–Crippen MR) is 99.2 cm³/mol. The average Bonchev–Trinajstić information content (AvgIpc) is 3.31. The largest absolute Gasteiger partial charge is 0.315 e. The number of fused-ring (bicyclic) bond motifs is 2. The second-order valence-electron chi connectivity index (χ2n) is 6.86. The molecule has 136 valence electrons. The van der Waals surface area contributed by atoms with E-state index >= 15 is 0 Å². The van der Waals surface area contributed by atoms with Crippen LogP contribution in [-0.2, 0) is 0 Å². The summed E-state index contributed by atoms with van der Waals surface area (Å²) in [7, 11) is 0. The highest BCUT2D eigenvalue weighted by molar-refractivity contribution is 5.78. The lowest BCUT2D eigenvalue weighted by Gasteiger charge is -2.13. The summed E-state index contributed by atoms with van der Waals surface area (Å²) in [4.78, 5) is 25.7. The zero-order valence-electron chi connectivity index (χ0n) is 14.7. The lowest BCUT2D eigenvalue weighted by atomic mass is 10.2. The molecule has 4 aromatic heterocycles. The van der Waals surface area contributed by atoms with Gasteiger partial charge in [0.1, 0.15) is 0 Å². The first-order valence-electron chi connectivity index (χ1n) is 8.84. The van der Waals surface area contributed by atoms with Crippen molar-refractivity contribution in [2.24, 2.45) is 0 Å². The van der Waals surface area contributed by atoms with Crippen LogP contribution in [0.2, 0.25) is 0 Å². The number of nitrogens with one attached hydrogen (secondary N) is 1. The molecular weight excluding hydrogens is 347 g/mol. The van der Waals surface area contributed by atoms with Crippen molar-refractivity contribution in [1.82, 2.24) is 29.2 Å². The lowest BCUT2D eigenvalue weighted by molar-refractivity contribution is 0.532. The molecule has 0 unspecified atom stereocenters. The number of aryl methyl sites for hydroxylation is 1. The molecule has 1 N–H and O–H groups in total. The minimum Gasteiger partial charge on any atom is -0.315 e. The van der Waals surface area contributed by atoms with Gasteiger partial charge >= 0.3 is 0 Å². The maximum absolute atomic E-state index is 14.4. The van der Waals surface area contributed by atoms with Gasteiger partial charge in [-0.25, -0.2) is 19.3 Å². The maximum Gasteiger partial charge on any atom is 0.261 e. The Labute approximate surface area is 153 Å². The molecule has 8 heteroatoms. The number of aromatic nitrogens is 5. The molecule has 7 nitrogen and oxygen atoms in total. The van der Waals surface area contributed by atoms with Crippen molar-refractivity contribution in [1.29, 1.82) is 0 Å². The van der Waals surface area contributed by atoms with Crippen molar-refractivity contribution in [2.75, 3.05) is 13.1 Å². The molecule has 5 heterocycles. The minimum absolute atomic E-state index is 0.0976. The number of imidazole rings is 1. The SMILES string of the molecule is Cc1cn2cc(-c3ncc4c(=O)n([C@@H]5CCNC5)ccc4n3)cc(F)c2n1. The lowest BCUT2D eigenvalue weighted by Crippen LogP contribution is -2.26. The van der Waals surface area contributed by atoms with Crippen molar-refractivity contribution in [3.8, 4) is 11.4 Å². The second kappa shape index (κ2) is 5.95. The van der Waals surface area contributed by atoms with E-state index < -0.39 is 5.82 Å². The monoisotopic (exact) mass is 364 g/mol. The van der Waals surface area contributed by atoms with Crippen molar-refractivity contribution < 1.29 is 4.39 Å². The second-order valence-corrected chi connectivity index (χ2v) is 6.86. The van der Waals surface area contributed by atoms with Gasteiger partial charge in [-0.15, -0.1) is 0 Å².